The highest BCUT2D eigenvalue weighted by atomic mass is 16.5. The van der Waals surface area contributed by atoms with E-state index in [-0.39, 0.29) is 23.8 Å². The first-order valence-corrected chi connectivity index (χ1v) is 10.6. The minimum atomic E-state index is -0.468. The standard InChI is InChI=1S/C23H26N8O3/c1-14-8-15(2)10-17(9-14)34-13-31-7-6-18(28-31)22(32)27-20-12-25-30(5)21(20)23(33)26-19-11-24-29(4)16(19)3/h6-12H,13H2,1-5H3,(H,26,33)(H,27,32). The molecule has 2 amide bonds. The maximum atomic E-state index is 12.9. The normalized spacial score (nSPS) is 10.9. The van der Waals surface area contributed by atoms with E-state index in [0.29, 0.717) is 5.69 Å². The number of nitrogens with one attached hydrogen (secondary N) is 2. The molecule has 0 unspecified atom stereocenters. The number of aromatic nitrogens is 6. The van der Waals surface area contributed by atoms with E-state index >= 15 is 0 Å². The van der Waals surface area contributed by atoms with Gasteiger partial charge < -0.3 is 15.4 Å². The maximum absolute atomic E-state index is 12.9. The fourth-order valence-corrected chi connectivity index (χ4v) is 3.50. The average Bonchev–Trinajstić information content (AvgIpc) is 3.47. The molecule has 3 heterocycles. The van der Waals surface area contributed by atoms with Crippen molar-refractivity contribution in [2.45, 2.75) is 27.5 Å². The Kier molecular flexibility index (Phi) is 6.17. The Balaban J connectivity index is 1.43. The Morgan fingerprint density at radius 1 is 0.912 bits per heavy atom. The number of ether oxygens (including phenoxy) is 1. The number of carbonyl (C=O) groups is 2. The first kappa shape index (κ1) is 22.8. The van der Waals surface area contributed by atoms with Crippen LogP contribution in [0.5, 0.6) is 5.75 Å². The van der Waals surface area contributed by atoms with Crippen LogP contribution in [0.25, 0.3) is 0 Å². The number of carbonyl (C=O) groups excluding carboxylic acids is 2. The van der Waals surface area contributed by atoms with Crippen molar-refractivity contribution in [1.82, 2.24) is 29.3 Å². The molecule has 0 bridgehead atoms. The Labute approximate surface area is 196 Å². The van der Waals surface area contributed by atoms with Gasteiger partial charge in [-0.25, -0.2) is 4.68 Å². The van der Waals surface area contributed by atoms with Gasteiger partial charge in [0.25, 0.3) is 11.8 Å². The third-order valence-corrected chi connectivity index (χ3v) is 5.32. The average molecular weight is 463 g/mol. The summed E-state index contributed by atoms with van der Waals surface area (Å²) in [6, 6.07) is 7.52. The van der Waals surface area contributed by atoms with Crippen LogP contribution in [-0.2, 0) is 20.8 Å². The van der Waals surface area contributed by atoms with Gasteiger partial charge >= 0.3 is 0 Å². The van der Waals surface area contributed by atoms with E-state index in [0.717, 1.165) is 22.6 Å². The van der Waals surface area contributed by atoms with Gasteiger partial charge in [-0.2, -0.15) is 15.3 Å². The summed E-state index contributed by atoms with van der Waals surface area (Å²) in [4.78, 5) is 25.7. The van der Waals surface area contributed by atoms with Gasteiger partial charge in [-0.3, -0.25) is 19.0 Å². The van der Waals surface area contributed by atoms with Gasteiger partial charge in [-0.15, -0.1) is 0 Å². The molecule has 0 fully saturated rings. The van der Waals surface area contributed by atoms with E-state index in [4.69, 9.17) is 4.74 Å². The summed E-state index contributed by atoms with van der Waals surface area (Å²) in [6.45, 7) is 6.00. The smallest absolute Gasteiger partial charge is 0.276 e. The van der Waals surface area contributed by atoms with Crippen LogP contribution in [0.15, 0.2) is 42.9 Å². The van der Waals surface area contributed by atoms with Crippen LogP contribution in [0.2, 0.25) is 0 Å². The summed E-state index contributed by atoms with van der Waals surface area (Å²) in [5.74, 6) is -0.155. The van der Waals surface area contributed by atoms with E-state index in [1.807, 2.05) is 32.9 Å². The summed E-state index contributed by atoms with van der Waals surface area (Å²) in [7, 11) is 3.41. The van der Waals surface area contributed by atoms with Crippen LogP contribution in [0.3, 0.4) is 0 Å². The minimum absolute atomic E-state index is 0.154. The number of amides is 2. The molecule has 2 N–H and O–H groups in total. The zero-order chi connectivity index (χ0) is 24.4. The molecule has 0 saturated heterocycles. The number of rotatable bonds is 7. The lowest BCUT2D eigenvalue weighted by molar-refractivity contribution is 0.101. The van der Waals surface area contributed by atoms with Crippen LogP contribution in [0.1, 0.15) is 37.8 Å². The molecule has 34 heavy (non-hydrogen) atoms. The van der Waals surface area contributed by atoms with Crippen molar-refractivity contribution in [3.63, 3.8) is 0 Å². The second-order valence-electron chi connectivity index (χ2n) is 8.04. The van der Waals surface area contributed by atoms with E-state index in [2.05, 4.69) is 32.0 Å². The SMILES string of the molecule is Cc1cc(C)cc(OCn2ccc(C(=O)Nc3cnn(C)c3C(=O)Nc3cnn(C)c3C)n2)c1. The number of benzene rings is 1. The second kappa shape index (κ2) is 9.22. The Hall–Kier alpha value is -4.41. The zero-order valence-corrected chi connectivity index (χ0v) is 19.7. The first-order chi connectivity index (χ1) is 16.2. The van der Waals surface area contributed by atoms with Gasteiger partial charge in [0, 0.05) is 20.3 Å². The van der Waals surface area contributed by atoms with Gasteiger partial charge in [0.2, 0.25) is 0 Å². The maximum Gasteiger partial charge on any atom is 0.276 e. The van der Waals surface area contributed by atoms with Crippen molar-refractivity contribution in [2.24, 2.45) is 14.1 Å². The quantitative estimate of drug-likeness (QED) is 0.436. The first-order valence-electron chi connectivity index (χ1n) is 10.6. The molecule has 11 heteroatoms. The number of hydrogen-bond acceptors (Lipinski definition) is 6. The van der Waals surface area contributed by atoms with Crippen molar-refractivity contribution in [2.75, 3.05) is 10.6 Å². The van der Waals surface area contributed by atoms with Crippen molar-refractivity contribution < 1.29 is 14.3 Å². The molecular formula is C23H26N8O3. The van der Waals surface area contributed by atoms with Gasteiger partial charge in [-0.05, 0) is 50.1 Å². The van der Waals surface area contributed by atoms with E-state index in [9.17, 15) is 9.59 Å². The van der Waals surface area contributed by atoms with Crippen molar-refractivity contribution in [1.29, 1.82) is 0 Å². The summed E-state index contributed by atoms with van der Waals surface area (Å²) in [6.07, 6.45) is 4.64. The number of anilines is 2. The van der Waals surface area contributed by atoms with Crippen LogP contribution in [0, 0.1) is 20.8 Å². The molecule has 4 rings (SSSR count). The summed E-state index contributed by atoms with van der Waals surface area (Å²) in [5.41, 5.74) is 4.24. The van der Waals surface area contributed by atoms with Crippen LogP contribution >= 0.6 is 0 Å². The topological polar surface area (TPSA) is 121 Å². The number of hydrogen-bond donors (Lipinski definition) is 2. The molecule has 0 atom stereocenters. The highest BCUT2D eigenvalue weighted by Crippen LogP contribution is 2.20. The minimum Gasteiger partial charge on any atom is -0.471 e. The largest absolute Gasteiger partial charge is 0.471 e. The molecule has 3 aromatic heterocycles. The van der Waals surface area contributed by atoms with Crippen LogP contribution in [0.4, 0.5) is 11.4 Å². The zero-order valence-electron chi connectivity index (χ0n) is 19.7. The molecule has 176 valence electrons. The number of aryl methyl sites for hydroxylation is 4. The predicted molar refractivity (Wildman–Crippen MR) is 126 cm³/mol. The van der Waals surface area contributed by atoms with E-state index < -0.39 is 11.8 Å². The molecule has 0 saturated carbocycles. The van der Waals surface area contributed by atoms with E-state index in [1.165, 1.54) is 15.6 Å². The summed E-state index contributed by atoms with van der Waals surface area (Å²) >= 11 is 0. The molecule has 0 aliphatic rings. The predicted octanol–water partition coefficient (Wildman–Crippen LogP) is 2.82. The van der Waals surface area contributed by atoms with Crippen molar-refractivity contribution in [3.05, 3.63) is 71.1 Å². The van der Waals surface area contributed by atoms with Crippen LogP contribution in [-0.4, -0.2) is 41.2 Å². The Morgan fingerprint density at radius 3 is 2.24 bits per heavy atom. The third-order valence-electron chi connectivity index (χ3n) is 5.32. The lowest BCUT2D eigenvalue weighted by Crippen LogP contribution is -2.21. The molecule has 0 aliphatic carbocycles. The van der Waals surface area contributed by atoms with Gasteiger partial charge in [0.05, 0.1) is 29.5 Å². The molecular weight excluding hydrogens is 436 g/mol. The summed E-state index contributed by atoms with van der Waals surface area (Å²) < 4.78 is 10.4. The molecule has 0 spiro atoms. The van der Waals surface area contributed by atoms with Gasteiger partial charge in [-0.1, -0.05) is 6.07 Å². The Bertz CT molecular complexity index is 1340. The molecule has 1 aromatic carbocycles. The molecule has 0 radical (unpaired) electrons. The highest BCUT2D eigenvalue weighted by molar-refractivity contribution is 6.11. The third kappa shape index (κ3) is 4.82. The fraction of sp³-hybridized carbons (Fsp3) is 0.261. The lowest BCUT2D eigenvalue weighted by atomic mass is 10.1. The van der Waals surface area contributed by atoms with Crippen molar-refractivity contribution >= 4 is 23.2 Å². The molecule has 11 nitrogen and oxygen atoms in total. The summed E-state index contributed by atoms with van der Waals surface area (Å²) in [5, 5.41) is 18.0. The van der Waals surface area contributed by atoms with Crippen LogP contribution < -0.4 is 15.4 Å². The van der Waals surface area contributed by atoms with E-state index in [1.54, 1.807) is 37.2 Å². The molecule has 0 aliphatic heterocycles. The lowest BCUT2D eigenvalue weighted by Gasteiger charge is -2.09. The van der Waals surface area contributed by atoms with Gasteiger partial charge in [0.15, 0.2) is 12.4 Å². The Morgan fingerprint density at radius 2 is 1.56 bits per heavy atom. The molecule has 4 aromatic rings. The van der Waals surface area contributed by atoms with Gasteiger partial charge in [0.1, 0.15) is 11.4 Å². The highest BCUT2D eigenvalue weighted by Gasteiger charge is 2.21. The monoisotopic (exact) mass is 462 g/mol. The van der Waals surface area contributed by atoms with Crippen molar-refractivity contribution in [3.8, 4) is 5.75 Å². The fourth-order valence-electron chi connectivity index (χ4n) is 3.50. The second-order valence-corrected chi connectivity index (χ2v) is 8.04. The number of nitrogens with zero attached hydrogens (tertiary/aromatic N) is 6.